The Kier molecular flexibility index (Phi) is 3.57. The van der Waals surface area contributed by atoms with E-state index in [-0.39, 0.29) is 0 Å². The molecular weight excluding hydrogens is 262 g/mol. The molecule has 0 amide bonds. The van der Waals surface area contributed by atoms with Gasteiger partial charge in [0.05, 0.1) is 6.26 Å². The van der Waals surface area contributed by atoms with Gasteiger partial charge in [-0.05, 0) is 34.2 Å². The van der Waals surface area contributed by atoms with E-state index >= 15 is 0 Å². The summed E-state index contributed by atoms with van der Waals surface area (Å²) in [6.07, 6.45) is 3.08. The monoisotopic (exact) mass is 275 g/mol. The van der Waals surface area contributed by atoms with Gasteiger partial charge >= 0.3 is 0 Å². The van der Waals surface area contributed by atoms with E-state index in [1.807, 2.05) is 6.07 Å². The maximum Gasteiger partial charge on any atom is 0.169 e. The van der Waals surface area contributed by atoms with Crippen molar-refractivity contribution in [1.82, 2.24) is 5.32 Å². The van der Waals surface area contributed by atoms with Crippen LogP contribution in [0.25, 0.3) is 0 Å². The molecule has 2 unspecified atom stereocenters. The molecule has 0 radical (unpaired) electrons. The minimum atomic E-state index is 0.661. The number of rotatable bonds is 3. The van der Waals surface area contributed by atoms with Gasteiger partial charge in [-0.25, -0.2) is 0 Å². The Balaban J connectivity index is 1.82. The number of hydrogen-bond donors (Lipinski definition) is 1. The Morgan fingerprint density at radius 3 is 3.14 bits per heavy atom. The number of hydrogen-bond acceptors (Lipinski definition) is 3. The number of halogens is 1. The van der Waals surface area contributed by atoms with Gasteiger partial charge in [-0.1, -0.05) is 6.92 Å². The molecule has 1 fully saturated rings. The number of thioether (sulfide) groups is 1. The highest BCUT2D eigenvalue weighted by molar-refractivity contribution is 9.10. The van der Waals surface area contributed by atoms with Gasteiger partial charge in [0.1, 0.15) is 0 Å². The minimum Gasteiger partial charge on any atom is -0.457 e. The third-order valence-electron chi connectivity index (χ3n) is 2.57. The number of nitrogens with one attached hydrogen (secondary N) is 1. The molecule has 0 aromatic carbocycles. The summed E-state index contributed by atoms with van der Waals surface area (Å²) in [5.41, 5.74) is 1.21. The summed E-state index contributed by atoms with van der Waals surface area (Å²) in [4.78, 5) is 0. The Morgan fingerprint density at radius 2 is 2.57 bits per heavy atom. The second-order valence-electron chi connectivity index (χ2n) is 3.61. The smallest absolute Gasteiger partial charge is 0.169 e. The lowest BCUT2D eigenvalue weighted by molar-refractivity contribution is 0.504. The van der Waals surface area contributed by atoms with E-state index in [0.29, 0.717) is 6.04 Å². The molecule has 1 aromatic rings. The molecule has 14 heavy (non-hydrogen) atoms. The van der Waals surface area contributed by atoms with E-state index in [1.165, 1.54) is 17.7 Å². The van der Waals surface area contributed by atoms with Crippen molar-refractivity contribution in [1.29, 1.82) is 0 Å². The maximum absolute atomic E-state index is 5.18. The predicted octanol–water partition coefficient (Wildman–Crippen LogP) is 3.03. The average Bonchev–Trinajstić information content (AvgIpc) is 2.72. The van der Waals surface area contributed by atoms with Crippen LogP contribution in [0.4, 0.5) is 0 Å². The average molecular weight is 276 g/mol. The quantitative estimate of drug-likeness (QED) is 0.918. The highest BCUT2D eigenvalue weighted by atomic mass is 79.9. The van der Waals surface area contributed by atoms with Crippen molar-refractivity contribution >= 4 is 27.7 Å². The largest absolute Gasteiger partial charge is 0.457 e. The molecule has 2 heterocycles. The van der Waals surface area contributed by atoms with Crippen molar-refractivity contribution in [3.63, 3.8) is 0 Å². The molecule has 2 rings (SSSR count). The van der Waals surface area contributed by atoms with Crippen molar-refractivity contribution in [3.8, 4) is 0 Å². The van der Waals surface area contributed by atoms with E-state index in [2.05, 4.69) is 39.9 Å². The van der Waals surface area contributed by atoms with Crippen LogP contribution in [0, 0.1) is 0 Å². The molecule has 0 aliphatic carbocycles. The minimum absolute atomic E-state index is 0.661. The van der Waals surface area contributed by atoms with Gasteiger partial charge in [0.2, 0.25) is 0 Å². The van der Waals surface area contributed by atoms with E-state index in [4.69, 9.17) is 4.42 Å². The molecular formula is C10H14BrNOS. The summed E-state index contributed by atoms with van der Waals surface area (Å²) in [6.45, 7) is 3.20. The fourth-order valence-electron chi connectivity index (χ4n) is 1.69. The highest BCUT2D eigenvalue weighted by Gasteiger charge is 2.23. The van der Waals surface area contributed by atoms with Gasteiger partial charge in [-0.15, -0.1) is 0 Å². The first-order chi connectivity index (χ1) is 6.75. The first-order valence-corrected chi connectivity index (χ1v) is 6.68. The van der Waals surface area contributed by atoms with Crippen molar-refractivity contribution in [2.75, 3.05) is 5.75 Å². The van der Waals surface area contributed by atoms with Crippen molar-refractivity contribution < 1.29 is 4.42 Å². The van der Waals surface area contributed by atoms with Gasteiger partial charge in [-0.2, -0.15) is 11.8 Å². The Labute approximate surface area is 97.0 Å². The maximum atomic E-state index is 5.18. The molecule has 78 valence electrons. The van der Waals surface area contributed by atoms with Gasteiger partial charge in [-0.3, -0.25) is 0 Å². The van der Waals surface area contributed by atoms with E-state index in [9.17, 15) is 0 Å². The molecule has 1 aromatic heterocycles. The third kappa shape index (κ3) is 2.55. The van der Waals surface area contributed by atoms with Crippen LogP contribution in [0.2, 0.25) is 0 Å². The topological polar surface area (TPSA) is 25.2 Å². The fraction of sp³-hybridized carbons (Fsp3) is 0.600. The molecule has 0 saturated carbocycles. The molecule has 0 bridgehead atoms. The molecule has 1 aliphatic heterocycles. The summed E-state index contributed by atoms with van der Waals surface area (Å²) in [7, 11) is 0. The molecule has 2 atom stereocenters. The highest BCUT2D eigenvalue weighted by Crippen LogP contribution is 2.26. The molecule has 1 aliphatic rings. The van der Waals surface area contributed by atoms with Crippen LogP contribution in [0.1, 0.15) is 18.9 Å². The van der Waals surface area contributed by atoms with Crippen LogP contribution < -0.4 is 5.32 Å². The third-order valence-corrected chi connectivity index (χ3v) is 4.31. The van der Waals surface area contributed by atoms with E-state index < -0.39 is 0 Å². The second kappa shape index (κ2) is 4.73. The zero-order valence-electron chi connectivity index (χ0n) is 8.13. The van der Waals surface area contributed by atoms with Crippen LogP contribution in [0.15, 0.2) is 21.4 Å². The van der Waals surface area contributed by atoms with E-state index in [1.54, 1.807) is 6.26 Å². The van der Waals surface area contributed by atoms with Gasteiger partial charge < -0.3 is 9.73 Å². The Morgan fingerprint density at radius 1 is 1.71 bits per heavy atom. The van der Waals surface area contributed by atoms with Crippen LogP contribution in [-0.4, -0.2) is 17.0 Å². The molecule has 0 spiro atoms. The zero-order valence-corrected chi connectivity index (χ0v) is 10.5. The van der Waals surface area contributed by atoms with Crippen molar-refractivity contribution in [2.24, 2.45) is 0 Å². The standard InChI is InChI=1S/C10H14BrNOS/c1-7-9(2-3-14-7)12-5-8-4-10(11)13-6-8/h4,6-7,9,12H,2-3,5H2,1H3. The van der Waals surface area contributed by atoms with Crippen LogP contribution >= 0.6 is 27.7 Å². The van der Waals surface area contributed by atoms with Crippen LogP contribution in [0.3, 0.4) is 0 Å². The summed E-state index contributed by atoms with van der Waals surface area (Å²) in [5, 5.41) is 4.30. The van der Waals surface area contributed by atoms with Crippen LogP contribution in [-0.2, 0) is 6.54 Å². The molecule has 1 saturated heterocycles. The first-order valence-electron chi connectivity index (χ1n) is 4.83. The lowest BCUT2D eigenvalue weighted by atomic mass is 10.1. The van der Waals surface area contributed by atoms with Gasteiger partial charge in [0, 0.05) is 23.4 Å². The summed E-state index contributed by atoms with van der Waals surface area (Å²) in [6, 6.07) is 2.67. The van der Waals surface area contributed by atoms with Crippen LogP contribution in [0.5, 0.6) is 0 Å². The van der Waals surface area contributed by atoms with Crippen molar-refractivity contribution in [2.45, 2.75) is 31.2 Å². The fourth-order valence-corrected chi connectivity index (χ4v) is 3.30. The Bertz CT molecular complexity index is 302. The van der Waals surface area contributed by atoms with E-state index in [0.717, 1.165) is 16.5 Å². The van der Waals surface area contributed by atoms with Gasteiger partial charge in [0.15, 0.2) is 4.67 Å². The first kappa shape index (κ1) is 10.6. The lowest BCUT2D eigenvalue weighted by Gasteiger charge is -2.15. The summed E-state index contributed by atoms with van der Waals surface area (Å²) >= 11 is 5.35. The Hall–Kier alpha value is 0.0700. The summed E-state index contributed by atoms with van der Waals surface area (Å²) < 4.78 is 5.99. The second-order valence-corrected chi connectivity index (χ2v) is 5.88. The molecule has 2 nitrogen and oxygen atoms in total. The predicted molar refractivity (Wildman–Crippen MR) is 63.6 cm³/mol. The lowest BCUT2D eigenvalue weighted by Crippen LogP contribution is -2.32. The van der Waals surface area contributed by atoms with Crippen molar-refractivity contribution in [3.05, 3.63) is 22.6 Å². The zero-order chi connectivity index (χ0) is 9.97. The summed E-state index contributed by atoms with van der Waals surface area (Å²) in [5.74, 6) is 1.29. The normalized spacial score (nSPS) is 27.0. The molecule has 4 heteroatoms. The van der Waals surface area contributed by atoms with Gasteiger partial charge in [0.25, 0.3) is 0 Å². The SMILES string of the molecule is CC1SCCC1NCc1coc(Br)c1. The molecule has 1 N–H and O–H groups in total. The number of furan rings is 1.